The summed E-state index contributed by atoms with van der Waals surface area (Å²) in [5.74, 6) is 0.915. The lowest BCUT2D eigenvalue weighted by Crippen LogP contribution is -3.00. The summed E-state index contributed by atoms with van der Waals surface area (Å²) in [6, 6.07) is 31.2. The molecule has 0 fully saturated rings. The lowest BCUT2D eigenvalue weighted by molar-refractivity contribution is -0.662. The molecule has 0 spiro atoms. The predicted octanol–water partition coefficient (Wildman–Crippen LogP) is 1.76. The van der Waals surface area contributed by atoms with Crippen molar-refractivity contribution in [3.05, 3.63) is 108 Å². The van der Waals surface area contributed by atoms with Crippen molar-refractivity contribution in [1.29, 1.82) is 0 Å². The first kappa shape index (κ1) is 18.0. The minimum absolute atomic E-state index is 0. The van der Waals surface area contributed by atoms with Crippen LogP contribution in [0.2, 0.25) is 0 Å². The van der Waals surface area contributed by atoms with Crippen LogP contribution in [0.5, 0.6) is 5.75 Å². The maximum atomic E-state index is 6.16. The van der Waals surface area contributed by atoms with Crippen molar-refractivity contribution in [3.63, 3.8) is 0 Å². The molecule has 0 saturated heterocycles. The van der Waals surface area contributed by atoms with Gasteiger partial charge in [0.05, 0.1) is 5.39 Å². The van der Waals surface area contributed by atoms with Crippen LogP contribution >= 0.6 is 0 Å². The molecule has 26 heavy (non-hydrogen) atoms. The molecule has 0 radical (unpaired) electrons. The molecule has 1 aromatic heterocycles. The van der Waals surface area contributed by atoms with E-state index in [-0.39, 0.29) is 12.4 Å². The molecule has 0 aliphatic carbocycles. The van der Waals surface area contributed by atoms with Crippen molar-refractivity contribution in [1.82, 2.24) is 0 Å². The summed E-state index contributed by atoms with van der Waals surface area (Å²) < 4.78 is 8.42. The highest BCUT2D eigenvalue weighted by atomic mass is 35.5. The van der Waals surface area contributed by atoms with Crippen LogP contribution in [-0.2, 0) is 13.2 Å². The third-order valence-electron chi connectivity index (χ3n) is 4.29. The molecular weight excluding hydrogens is 342 g/mol. The van der Waals surface area contributed by atoms with Gasteiger partial charge in [0.25, 0.3) is 5.52 Å². The van der Waals surface area contributed by atoms with Crippen molar-refractivity contribution in [2.45, 2.75) is 13.2 Å². The number of halogens is 1. The minimum atomic E-state index is 0. The van der Waals surface area contributed by atoms with Crippen LogP contribution in [0.4, 0.5) is 0 Å². The van der Waals surface area contributed by atoms with E-state index >= 15 is 0 Å². The van der Waals surface area contributed by atoms with E-state index < -0.39 is 0 Å². The third-order valence-corrected chi connectivity index (χ3v) is 4.29. The van der Waals surface area contributed by atoms with Gasteiger partial charge in [-0.3, -0.25) is 0 Å². The minimum Gasteiger partial charge on any atom is -1.00 e. The lowest BCUT2D eigenvalue weighted by Gasteiger charge is -2.09. The van der Waals surface area contributed by atoms with Crippen LogP contribution in [0.15, 0.2) is 97.2 Å². The fourth-order valence-corrected chi connectivity index (χ4v) is 3.07. The second-order valence-electron chi connectivity index (χ2n) is 6.09. The summed E-state index contributed by atoms with van der Waals surface area (Å²) in [6.45, 7) is 1.39. The number of hydrogen-bond donors (Lipinski definition) is 0. The highest BCUT2D eigenvalue weighted by Gasteiger charge is 2.15. The number of para-hydroxylation sites is 1. The Hall–Kier alpha value is -2.84. The molecular formula is C23H20ClNO. The highest BCUT2D eigenvalue weighted by Crippen LogP contribution is 2.23. The van der Waals surface area contributed by atoms with Gasteiger partial charge < -0.3 is 17.1 Å². The monoisotopic (exact) mass is 361 g/mol. The van der Waals surface area contributed by atoms with Crippen LogP contribution in [0.25, 0.3) is 10.9 Å². The molecule has 4 rings (SSSR count). The topological polar surface area (TPSA) is 13.1 Å². The Morgan fingerprint density at radius 1 is 0.654 bits per heavy atom. The molecule has 0 saturated carbocycles. The summed E-state index contributed by atoms with van der Waals surface area (Å²) >= 11 is 0. The van der Waals surface area contributed by atoms with Gasteiger partial charge in [0.1, 0.15) is 6.61 Å². The van der Waals surface area contributed by atoms with Gasteiger partial charge in [0.2, 0.25) is 0 Å². The number of benzene rings is 3. The molecule has 3 heteroatoms. The molecule has 130 valence electrons. The fraction of sp³-hybridized carbons (Fsp3) is 0.0870. The van der Waals surface area contributed by atoms with Gasteiger partial charge in [-0.1, -0.05) is 66.7 Å². The van der Waals surface area contributed by atoms with Gasteiger partial charge in [-0.05, 0) is 23.8 Å². The molecule has 0 unspecified atom stereocenters. The van der Waals surface area contributed by atoms with Gasteiger partial charge in [-0.25, -0.2) is 0 Å². The average molecular weight is 362 g/mol. The summed E-state index contributed by atoms with van der Waals surface area (Å²) in [6.07, 6.45) is 2.12. The summed E-state index contributed by atoms with van der Waals surface area (Å²) in [5, 5.41) is 1.18. The number of nitrogens with zero attached hydrogens (tertiary/aromatic N) is 1. The Labute approximate surface area is 160 Å². The first-order chi connectivity index (χ1) is 12.4. The summed E-state index contributed by atoms with van der Waals surface area (Å²) in [4.78, 5) is 0. The number of fused-ring (bicyclic) bond motifs is 1. The molecule has 0 atom stereocenters. The zero-order chi connectivity index (χ0) is 16.9. The molecule has 2 nitrogen and oxygen atoms in total. The van der Waals surface area contributed by atoms with Crippen molar-refractivity contribution < 1.29 is 21.7 Å². The van der Waals surface area contributed by atoms with E-state index in [1.54, 1.807) is 0 Å². The third kappa shape index (κ3) is 4.04. The maximum absolute atomic E-state index is 6.16. The zero-order valence-electron chi connectivity index (χ0n) is 14.4. The Morgan fingerprint density at radius 3 is 2.04 bits per heavy atom. The van der Waals surface area contributed by atoms with E-state index in [2.05, 4.69) is 71.4 Å². The molecule has 4 aromatic rings. The molecule has 0 N–H and O–H groups in total. The predicted molar refractivity (Wildman–Crippen MR) is 100 cm³/mol. The van der Waals surface area contributed by atoms with Crippen LogP contribution in [0.1, 0.15) is 11.1 Å². The van der Waals surface area contributed by atoms with Crippen molar-refractivity contribution >= 4 is 10.9 Å². The van der Waals surface area contributed by atoms with E-state index in [0.717, 1.165) is 17.8 Å². The summed E-state index contributed by atoms with van der Waals surface area (Å²) in [7, 11) is 0. The number of rotatable bonds is 5. The zero-order valence-corrected chi connectivity index (χ0v) is 15.1. The van der Waals surface area contributed by atoms with E-state index in [9.17, 15) is 0 Å². The van der Waals surface area contributed by atoms with Crippen molar-refractivity contribution in [2.75, 3.05) is 0 Å². The maximum Gasteiger partial charge on any atom is 0.255 e. The standard InChI is InChI=1S/C23H20NO.ClH/c1-3-9-19(10-4-1)17-24-16-8-14-21-13-7-15-22(23(21)24)25-18-20-11-5-2-6-12-20;/h1-16H,17-18H2;1H/q+1;/p-1. The van der Waals surface area contributed by atoms with Crippen molar-refractivity contribution in [3.8, 4) is 5.75 Å². The SMILES string of the molecule is [Cl-].c1ccc(COc2cccc3ccc[n+](Cc4ccccc4)c23)cc1. The van der Waals surface area contributed by atoms with Crippen LogP contribution in [-0.4, -0.2) is 0 Å². The van der Waals surface area contributed by atoms with Gasteiger partial charge >= 0.3 is 0 Å². The molecule has 0 amide bonds. The molecule has 0 aliphatic heterocycles. The van der Waals surface area contributed by atoms with E-state index in [1.165, 1.54) is 16.5 Å². The molecule has 1 heterocycles. The van der Waals surface area contributed by atoms with Crippen LogP contribution in [0.3, 0.4) is 0 Å². The quantitative estimate of drug-likeness (QED) is 0.494. The highest BCUT2D eigenvalue weighted by molar-refractivity contribution is 5.81. The van der Waals surface area contributed by atoms with E-state index in [4.69, 9.17) is 4.74 Å². The Kier molecular flexibility index (Phi) is 5.88. The molecule has 3 aromatic carbocycles. The van der Waals surface area contributed by atoms with Crippen molar-refractivity contribution in [2.24, 2.45) is 0 Å². The average Bonchev–Trinajstić information content (AvgIpc) is 2.68. The normalized spacial score (nSPS) is 10.3. The number of ether oxygens (including phenoxy) is 1. The van der Waals surface area contributed by atoms with Gasteiger partial charge in [0, 0.05) is 11.6 Å². The van der Waals surface area contributed by atoms with Crippen LogP contribution < -0.4 is 21.7 Å². The summed E-state index contributed by atoms with van der Waals surface area (Å²) in [5.41, 5.74) is 3.58. The smallest absolute Gasteiger partial charge is 0.255 e. The van der Waals surface area contributed by atoms with E-state index in [1.807, 2.05) is 30.3 Å². The van der Waals surface area contributed by atoms with Gasteiger partial charge in [-0.2, -0.15) is 4.57 Å². The fourth-order valence-electron chi connectivity index (χ4n) is 3.07. The Bertz CT molecular complexity index is 966. The number of pyridine rings is 1. The first-order valence-electron chi connectivity index (χ1n) is 8.52. The largest absolute Gasteiger partial charge is 1.00 e. The number of aromatic nitrogens is 1. The second-order valence-corrected chi connectivity index (χ2v) is 6.09. The van der Waals surface area contributed by atoms with Gasteiger partial charge in [-0.15, -0.1) is 0 Å². The Balaban J connectivity index is 0.00000196. The first-order valence-corrected chi connectivity index (χ1v) is 8.52. The lowest BCUT2D eigenvalue weighted by atomic mass is 10.1. The van der Waals surface area contributed by atoms with E-state index in [0.29, 0.717) is 6.61 Å². The Morgan fingerprint density at radius 2 is 1.31 bits per heavy atom. The van der Waals surface area contributed by atoms with Crippen LogP contribution in [0, 0.1) is 0 Å². The molecule has 0 aliphatic rings. The van der Waals surface area contributed by atoms with Gasteiger partial charge in [0.15, 0.2) is 18.5 Å². The second kappa shape index (κ2) is 8.50. The number of hydrogen-bond acceptors (Lipinski definition) is 1. The molecule has 0 bridgehead atoms.